The van der Waals surface area contributed by atoms with Gasteiger partial charge in [0.05, 0.1) is 6.10 Å². The van der Waals surface area contributed by atoms with Gasteiger partial charge in [-0.2, -0.15) is 0 Å². The van der Waals surface area contributed by atoms with Crippen LogP contribution in [0.2, 0.25) is 0 Å². The lowest BCUT2D eigenvalue weighted by molar-refractivity contribution is 0.174. The number of benzene rings is 1. The molecule has 5 rings (SSSR count). The number of hydrogen-bond acceptors (Lipinski definition) is 3. The predicted octanol–water partition coefficient (Wildman–Crippen LogP) is 3.45. The smallest absolute Gasteiger partial charge is 0.231 e. The molecular weight excluding hydrogens is 252 g/mol. The first kappa shape index (κ1) is 11.0. The minimum Gasteiger partial charge on any atom is -0.454 e. The molecule has 0 spiro atoms. The third-order valence-electron chi connectivity index (χ3n) is 4.96. The van der Waals surface area contributed by atoms with Crippen LogP contribution in [-0.4, -0.2) is 12.9 Å². The molecule has 2 aliphatic carbocycles. The van der Waals surface area contributed by atoms with Gasteiger partial charge in [-0.3, -0.25) is 0 Å². The van der Waals surface area contributed by atoms with E-state index in [1.54, 1.807) is 5.57 Å². The molecule has 0 saturated carbocycles. The van der Waals surface area contributed by atoms with Gasteiger partial charge in [0, 0.05) is 0 Å². The van der Waals surface area contributed by atoms with Crippen molar-refractivity contribution in [2.24, 2.45) is 0 Å². The second-order valence-electron chi connectivity index (χ2n) is 5.91. The highest BCUT2D eigenvalue weighted by Gasteiger charge is 2.62. The average molecular weight is 268 g/mol. The van der Waals surface area contributed by atoms with E-state index in [9.17, 15) is 0 Å². The molecule has 2 atom stereocenters. The van der Waals surface area contributed by atoms with Crippen molar-refractivity contribution in [3.8, 4) is 11.5 Å². The van der Waals surface area contributed by atoms with Gasteiger partial charge in [0.1, 0.15) is 5.60 Å². The van der Waals surface area contributed by atoms with Crippen molar-refractivity contribution in [3.63, 3.8) is 0 Å². The summed E-state index contributed by atoms with van der Waals surface area (Å²) in [6.45, 7) is 0.326. The summed E-state index contributed by atoms with van der Waals surface area (Å²) in [6, 6.07) is 6.26. The first-order chi connectivity index (χ1) is 9.88. The lowest BCUT2D eigenvalue weighted by atomic mass is 9.74. The van der Waals surface area contributed by atoms with Crippen molar-refractivity contribution >= 4 is 0 Å². The van der Waals surface area contributed by atoms with E-state index in [1.807, 2.05) is 6.07 Å². The van der Waals surface area contributed by atoms with E-state index in [0.717, 1.165) is 30.8 Å². The number of ether oxygens (including phenoxy) is 3. The van der Waals surface area contributed by atoms with Crippen LogP contribution >= 0.6 is 0 Å². The quantitative estimate of drug-likeness (QED) is 0.577. The highest BCUT2D eigenvalue weighted by atomic mass is 16.7. The molecule has 0 radical (unpaired) electrons. The fourth-order valence-corrected chi connectivity index (χ4v) is 3.94. The van der Waals surface area contributed by atoms with Crippen LogP contribution in [0.1, 0.15) is 31.2 Å². The lowest BCUT2D eigenvalue weighted by Gasteiger charge is -2.27. The Labute approximate surface area is 117 Å². The largest absolute Gasteiger partial charge is 0.454 e. The Morgan fingerprint density at radius 3 is 2.95 bits per heavy atom. The van der Waals surface area contributed by atoms with E-state index in [4.69, 9.17) is 14.2 Å². The van der Waals surface area contributed by atoms with E-state index in [0.29, 0.717) is 12.9 Å². The van der Waals surface area contributed by atoms with Gasteiger partial charge in [0.2, 0.25) is 6.79 Å². The third-order valence-corrected chi connectivity index (χ3v) is 4.96. The number of rotatable bonds is 1. The molecule has 2 aliphatic heterocycles. The second-order valence-corrected chi connectivity index (χ2v) is 5.91. The first-order valence-electron chi connectivity index (χ1n) is 7.32. The molecule has 0 N–H and O–H groups in total. The van der Waals surface area contributed by atoms with Gasteiger partial charge in [0.15, 0.2) is 11.5 Å². The highest BCUT2D eigenvalue weighted by molar-refractivity contribution is 5.53. The summed E-state index contributed by atoms with van der Waals surface area (Å²) in [4.78, 5) is 0. The van der Waals surface area contributed by atoms with E-state index in [1.165, 1.54) is 17.6 Å². The molecule has 1 fully saturated rings. The summed E-state index contributed by atoms with van der Waals surface area (Å²) in [5.74, 6) is 1.70. The Morgan fingerprint density at radius 1 is 1.05 bits per heavy atom. The van der Waals surface area contributed by atoms with Crippen LogP contribution in [0.15, 0.2) is 41.5 Å². The van der Waals surface area contributed by atoms with Gasteiger partial charge in [-0.25, -0.2) is 0 Å². The van der Waals surface area contributed by atoms with Crippen molar-refractivity contribution in [2.75, 3.05) is 6.79 Å². The summed E-state index contributed by atoms with van der Waals surface area (Å²) in [7, 11) is 0. The Morgan fingerprint density at radius 2 is 1.95 bits per heavy atom. The second kappa shape index (κ2) is 3.67. The monoisotopic (exact) mass is 268 g/mol. The summed E-state index contributed by atoms with van der Waals surface area (Å²) < 4.78 is 17.1. The van der Waals surface area contributed by atoms with Crippen molar-refractivity contribution < 1.29 is 14.2 Å². The van der Waals surface area contributed by atoms with E-state index in [2.05, 4.69) is 24.3 Å². The molecular formula is C17H16O3. The zero-order valence-electron chi connectivity index (χ0n) is 11.2. The highest BCUT2D eigenvalue weighted by Crippen LogP contribution is 2.60. The van der Waals surface area contributed by atoms with Crippen LogP contribution in [0.3, 0.4) is 0 Å². The molecule has 102 valence electrons. The number of epoxide rings is 1. The predicted molar refractivity (Wildman–Crippen MR) is 73.8 cm³/mol. The molecule has 0 amide bonds. The fourth-order valence-electron chi connectivity index (χ4n) is 3.94. The van der Waals surface area contributed by atoms with Gasteiger partial charge in [0.25, 0.3) is 0 Å². The molecule has 0 bridgehead atoms. The Kier molecular flexibility index (Phi) is 2.01. The van der Waals surface area contributed by atoms with Crippen LogP contribution in [0.4, 0.5) is 0 Å². The molecule has 20 heavy (non-hydrogen) atoms. The van der Waals surface area contributed by atoms with E-state index < -0.39 is 0 Å². The topological polar surface area (TPSA) is 31.0 Å². The van der Waals surface area contributed by atoms with E-state index in [-0.39, 0.29) is 5.60 Å². The Hall–Kier alpha value is -1.74. The molecule has 0 aromatic heterocycles. The third kappa shape index (κ3) is 1.29. The minimum absolute atomic E-state index is 0.167. The standard InChI is InChI=1S/C17H16O3/c1-2-4-13-11(3-1)5-8-16-17(13,20-16)12-6-7-14-15(9-12)19-10-18-14/h1-2,6-7,9,16H,3-5,8,10H2. The minimum atomic E-state index is -0.167. The van der Waals surface area contributed by atoms with Crippen molar-refractivity contribution in [3.05, 3.63) is 47.1 Å². The molecule has 4 aliphatic rings. The van der Waals surface area contributed by atoms with Gasteiger partial charge < -0.3 is 14.2 Å². The van der Waals surface area contributed by atoms with Gasteiger partial charge in [-0.05, 0) is 49.0 Å². The normalized spacial score (nSPS) is 32.9. The summed E-state index contributed by atoms with van der Waals surface area (Å²) in [6.07, 6.45) is 9.37. The maximum absolute atomic E-state index is 6.19. The summed E-state index contributed by atoms with van der Waals surface area (Å²) in [5, 5.41) is 0. The zero-order chi connectivity index (χ0) is 13.2. The van der Waals surface area contributed by atoms with Crippen LogP contribution in [-0.2, 0) is 10.3 Å². The SMILES string of the molecule is C1=CCC2=C(C1)CCC1OC21c1ccc2c(c1)OCO2. The maximum Gasteiger partial charge on any atom is 0.231 e. The Bertz CT molecular complexity index is 658. The summed E-state index contributed by atoms with van der Waals surface area (Å²) in [5.41, 5.74) is 4.14. The molecule has 3 nitrogen and oxygen atoms in total. The van der Waals surface area contributed by atoms with Crippen LogP contribution in [0.5, 0.6) is 11.5 Å². The van der Waals surface area contributed by atoms with Crippen molar-refractivity contribution in [2.45, 2.75) is 37.4 Å². The number of hydrogen-bond donors (Lipinski definition) is 0. The van der Waals surface area contributed by atoms with Gasteiger partial charge >= 0.3 is 0 Å². The number of allylic oxidation sites excluding steroid dienone is 3. The molecule has 3 heteroatoms. The Balaban J connectivity index is 1.63. The lowest BCUT2D eigenvalue weighted by Crippen LogP contribution is -2.23. The first-order valence-corrected chi connectivity index (χ1v) is 7.32. The summed E-state index contributed by atoms with van der Waals surface area (Å²) >= 11 is 0. The zero-order valence-corrected chi connectivity index (χ0v) is 11.2. The molecule has 1 saturated heterocycles. The average Bonchev–Trinajstić information content (AvgIpc) is 3.09. The molecule has 1 aromatic carbocycles. The fraction of sp³-hybridized carbons (Fsp3) is 0.412. The van der Waals surface area contributed by atoms with E-state index >= 15 is 0 Å². The van der Waals surface area contributed by atoms with Gasteiger partial charge in [-0.15, -0.1) is 0 Å². The number of fused-ring (bicyclic) bond motifs is 3. The molecule has 1 aromatic rings. The van der Waals surface area contributed by atoms with Crippen LogP contribution < -0.4 is 9.47 Å². The van der Waals surface area contributed by atoms with Crippen molar-refractivity contribution in [1.29, 1.82) is 0 Å². The van der Waals surface area contributed by atoms with Crippen LogP contribution in [0, 0.1) is 0 Å². The van der Waals surface area contributed by atoms with Crippen molar-refractivity contribution in [1.82, 2.24) is 0 Å². The maximum atomic E-state index is 6.19. The molecule has 2 unspecified atom stereocenters. The molecule has 2 heterocycles. The van der Waals surface area contributed by atoms with Gasteiger partial charge in [-0.1, -0.05) is 23.8 Å². The van der Waals surface area contributed by atoms with Crippen LogP contribution in [0.25, 0.3) is 0 Å².